The zero-order valence-corrected chi connectivity index (χ0v) is 13.7. The Morgan fingerprint density at radius 3 is 2.38 bits per heavy atom. The van der Waals surface area contributed by atoms with Gasteiger partial charge < -0.3 is 10.6 Å². The molecule has 5 nitrogen and oxygen atoms in total. The molecular weight excluding hydrogens is 338 g/mol. The number of carbonyl (C=O) groups is 1. The first-order chi connectivity index (χ1) is 12.6. The lowest BCUT2D eigenvalue weighted by Crippen LogP contribution is -2.26. The molecule has 0 aliphatic rings. The summed E-state index contributed by atoms with van der Waals surface area (Å²) in [5, 5.41) is 13.2. The molecule has 0 aliphatic carbocycles. The molecule has 7 heteroatoms. The van der Waals surface area contributed by atoms with Gasteiger partial charge in [-0.1, -0.05) is 24.3 Å². The molecule has 132 valence electrons. The number of aromatic nitrogens is 2. The molecule has 0 atom stereocenters. The minimum Gasteiger partial charge on any atom is -0.350 e. The number of halogens is 2. The second kappa shape index (κ2) is 8.15. The van der Waals surface area contributed by atoms with Crippen molar-refractivity contribution in [3.63, 3.8) is 0 Å². The van der Waals surface area contributed by atoms with E-state index in [4.69, 9.17) is 0 Å². The number of rotatable bonds is 6. The van der Waals surface area contributed by atoms with E-state index in [1.54, 1.807) is 36.4 Å². The smallest absolute Gasteiger partial charge is 0.271 e. The summed E-state index contributed by atoms with van der Waals surface area (Å²) in [6.45, 7) is 0.390. The monoisotopic (exact) mass is 354 g/mol. The topological polar surface area (TPSA) is 66.9 Å². The molecule has 3 aromatic rings. The predicted octanol–water partition coefficient (Wildman–Crippen LogP) is 3.47. The van der Waals surface area contributed by atoms with E-state index in [1.807, 2.05) is 0 Å². The Bertz CT molecular complexity index is 883. The summed E-state index contributed by atoms with van der Waals surface area (Å²) in [5.74, 6) is -0.732. The van der Waals surface area contributed by atoms with E-state index < -0.39 is 5.82 Å². The second-order valence-electron chi connectivity index (χ2n) is 5.54. The van der Waals surface area contributed by atoms with Gasteiger partial charge in [-0.15, -0.1) is 10.2 Å². The van der Waals surface area contributed by atoms with Crippen molar-refractivity contribution in [3.05, 3.63) is 83.6 Å². The fraction of sp³-hybridized carbons (Fsp3) is 0.105. The van der Waals surface area contributed by atoms with Gasteiger partial charge in [0.25, 0.3) is 5.91 Å². The lowest BCUT2D eigenvalue weighted by Gasteiger charge is -2.07. The average molecular weight is 354 g/mol. The van der Waals surface area contributed by atoms with E-state index in [0.29, 0.717) is 18.8 Å². The molecule has 3 rings (SSSR count). The van der Waals surface area contributed by atoms with Crippen molar-refractivity contribution in [2.45, 2.75) is 6.42 Å². The maximum atomic E-state index is 13.6. The number of carbonyl (C=O) groups excluding carboxylic acids is 1. The van der Waals surface area contributed by atoms with E-state index in [-0.39, 0.29) is 23.1 Å². The van der Waals surface area contributed by atoms with Crippen LogP contribution in [0.15, 0.2) is 60.7 Å². The van der Waals surface area contributed by atoms with Crippen LogP contribution in [0.4, 0.5) is 20.3 Å². The molecular formula is C19H16F2N4O. The number of anilines is 2. The Labute approximate surface area is 149 Å². The zero-order chi connectivity index (χ0) is 18.4. The maximum absolute atomic E-state index is 13.6. The number of nitrogens with zero attached hydrogens (tertiary/aromatic N) is 2. The van der Waals surface area contributed by atoms with Crippen molar-refractivity contribution in [1.82, 2.24) is 15.5 Å². The SMILES string of the molecule is O=C(NCCc1ccc(F)cc1)c1ccc(Nc2ccccc2F)nn1. The standard InChI is InChI=1S/C19H16F2N4O/c20-14-7-5-13(6-8-14)11-12-22-19(26)17-9-10-18(25-24-17)23-16-4-2-1-3-15(16)21/h1-10H,11-12H2,(H,22,26)(H,23,25). The number of hydrogen-bond donors (Lipinski definition) is 2. The number of hydrogen-bond acceptors (Lipinski definition) is 4. The van der Waals surface area contributed by atoms with Gasteiger partial charge >= 0.3 is 0 Å². The fourth-order valence-corrected chi connectivity index (χ4v) is 2.28. The van der Waals surface area contributed by atoms with Gasteiger partial charge in [-0.3, -0.25) is 4.79 Å². The summed E-state index contributed by atoms with van der Waals surface area (Å²) in [6.07, 6.45) is 0.576. The van der Waals surface area contributed by atoms with Gasteiger partial charge in [-0.2, -0.15) is 0 Å². The van der Waals surface area contributed by atoms with Crippen LogP contribution < -0.4 is 10.6 Å². The highest BCUT2D eigenvalue weighted by atomic mass is 19.1. The highest BCUT2D eigenvalue weighted by Crippen LogP contribution is 2.17. The van der Waals surface area contributed by atoms with Crippen LogP contribution >= 0.6 is 0 Å². The van der Waals surface area contributed by atoms with Gasteiger partial charge in [0.15, 0.2) is 11.5 Å². The molecule has 1 aromatic heterocycles. The molecule has 1 heterocycles. The molecule has 0 unspecified atom stereocenters. The van der Waals surface area contributed by atoms with Gasteiger partial charge in [0.05, 0.1) is 5.69 Å². The van der Waals surface area contributed by atoms with Crippen molar-refractivity contribution >= 4 is 17.4 Å². The summed E-state index contributed by atoms with van der Waals surface area (Å²) in [6, 6.07) is 15.3. The normalized spacial score (nSPS) is 10.4. The zero-order valence-electron chi connectivity index (χ0n) is 13.7. The van der Waals surface area contributed by atoms with Crippen LogP contribution in [0.1, 0.15) is 16.1 Å². The summed E-state index contributed by atoms with van der Waals surface area (Å²) in [7, 11) is 0. The summed E-state index contributed by atoms with van der Waals surface area (Å²) >= 11 is 0. The van der Waals surface area contributed by atoms with Crippen LogP contribution in [-0.4, -0.2) is 22.6 Å². The number of amides is 1. The number of nitrogens with one attached hydrogen (secondary N) is 2. The van der Waals surface area contributed by atoms with Crippen molar-refractivity contribution in [2.75, 3.05) is 11.9 Å². The average Bonchev–Trinajstić information content (AvgIpc) is 2.66. The lowest BCUT2D eigenvalue weighted by molar-refractivity contribution is 0.0948. The third-order valence-electron chi connectivity index (χ3n) is 3.65. The highest BCUT2D eigenvalue weighted by molar-refractivity contribution is 5.92. The van der Waals surface area contributed by atoms with Gasteiger partial charge in [-0.25, -0.2) is 8.78 Å². The van der Waals surface area contributed by atoms with Crippen LogP contribution in [0.2, 0.25) is 0 Å². The van der Waals surface area contributed by atoms with Crippen LogP contribution in [0.25, 0.3) is 0 Å². The lowest BCUT2D eigenvalue weighted by atomic mass is 10.1. The van der Waals surface area contributed by atoms with E-state index in [0.717, 1.165) is 5.56 Å². The van der Waals surface area contributed by atoms with E-state index in [1.165, 1.54) is 24.3 Å². The summed E-state index contributed by atoms with van der Waals surface area (Å²) < 4.78 is 26.4. The molecule has 0 saturated heterocycles. The van der Waals surface area contributed by atoms with E-state index in [2.05, 4.69) is 20.8 Å². The van der Waals surface area contributed by atoms with Gasteiger partial charge in [-0.05, 0) is 48.4 Å². The molecule has 0 bridgehead atoms. The molecule has 2 aromatic carbocycles. The highest BCUT2D eigenvalue weighted by Gasteiger charge is 2.09. The number of para-hydroxylation sites is 1. The Kier molecular flexibility index (Phi) is 5.48. The molecule has 0 aliphatic heterocycles. The quantitative estimate of drug-likeness (QED) is 0.711. The first-order valence-electron chi connectivity index (χ1n) is 8.00. The Morgan fingerprint density at radius 1 is 0.923 bits per heavy atom. The first-order valence-corrected chi connectivity index (χ1v) is 8.00. The van der Waals surface area contributed by atoms with Crippen LogP contribution in [-0.2, 0) is 6.42 Å². The summed E-state index contributed by atoms with van der Waals surface area (Å²) in [5.41, 5.74) is 1.35. The van der Waals surface area contributed by atoms with Crippen LogP contribution in [0, 0.1) is 11.6 Å². The minimum atomic E-state index is -0.406. The van der Waals surface area contributed by atoms with Crippen molar-refractivity contribution < 1.29 is 13.6 Å². The Morgan fingerprint density at radius 2 is 1.69 bits per heavy atom. The van der Waals surface area contributed by atoms with Crippen molar-refractivity contribution in [1.29, 1.82) is 0 Å². The second-order valence-corrected chi connectivity index (χ2v) is 5.54. The predicted molar refractivity (Wildman–Crippen MR) is 94.2 cm³/mol. The van der Waals surface area contributed by atoms with E-state index >= 15 is 0 Å². The van der Waals surface area contributed by atoms with Crippen LogP contribution in [0.3, 0.4) is 0 Å². The van der Waals surface area contributed by atoms with Gasteiger partial charge in [0.2, 0.25) is 0 Å². The Hall–Kier alpha value is -3.35. The molecule has 2 N–H and O–H groups in total. The van der Waals surface area contributed by atoms with Crippen molar-refractivity contribution in [3.8, 4) is 0 Å². The summed E-state index contributed by atoms with van der Waals surface area (Å²) in [4.78, 5) is 12.1. The third-order valence-corrected chi connectivity index (χ3v) is 3.65. The molecule has 1 amide bonds. The molecule has 0 radical (unpaired) electrons. The minimum absolute atomic E-state index is 0.156. The largest absolute Gasteiger partial charge is 0.350 e. The molecule has 0 spiro atoms. The third kappa shape index (κ3) is 4.60. The first kappa shape index (κ1) is 17.5. The van der Waals surface area contributed by atoms with E-state index in [9.17, 15) is 13.6 Å². The molecule has 0 saturated carbocycles. The van der Waals surface area contributed by atoms with Gasteiger partial charge in [0.1, 0.15) is 11.6 Å². The molecule has 26 heavy (non-hydrogen) atoms. The fourth-order valence-electron chi connectivity index (χ4n) is 2.28. The number of benzene rings is 2. The molecule has 0 fully saturated rings. The van der Waals surface area contributed by atoms with Gasteiger partial charge in [0, 0.05) is 6.54 Å². The van der Waals surface area contributed by atoms with Crippen molar-refractivity contribution in [2.24, 2.45) is 0 Å². The van der Waals surface area contributed by atoms with Crippen LogP contribution in [0.5, 0.6) is 0 Å². The Balaban J connectivity index is 1.53. The maximum Gasteiger partial charge on any atom is 0.271 e.